The van der Waals surface area contributed by atoms with E-state index in [-0.39, 0.29) is 0 Å². The van der Waals surface area contributed by atoms with Gasteiger partial charge in [0.1, 0.15) is 17.6 Å². The van der Waals surface area contributed by atoms with Crippen molar-refractivity contribution in [2.45, 2.75) is 25.8 Å². The van der Waals surface area contributed by atoms with Gasteiger partial charge in [0.2, 0.25) is 0 Å². The van der Waals surface area contributed by atoms with Crippen LogP contribution in [0.4, 0.5) is 5.82 Å². The molecule has 0 radical (unpaired) electrons. The maximum absolute atomic E-state index is 11.5. The van der Waals surface area contributed by atoms with Crippen molar-refractivity contribution in [2.24, 2.45) is 10.6 Å². The average Bonchev–Trinajstić information content (AvgIpc) is 3.03. The number of nitrogens with zero attached hydrogens (tertiary/aromatic N) is 5. The lowest BCUT2D eigenvalue weighted by Gasteiger charge is -2.60. The summed E-state index contributed by atoms with van der Waals surface area (Å²) in [6.07, 6.45) is 3.69. The van der Waals surface area contributed by atoms with Crippen LogP contribution in [-0.4, -0.2) is 56.4 Å². The van der Waals surface area contributed by atoms with Gasteiger partial charge in [-0.3, -0.25) is 0 Å². The van der Waals surface area contributed by atoms with Crippen molar-refractivity contribution in [3.63, 3.8) is 0 Å². The standard InChI is InChI=1S/C21H26N6O2S/c1-14-8-18(15-4-6-17(29-3)7-5-15)27-19(14)20(23-13-24-27)26-11-21(12-26)9-16(10-21)25(2)30(22)28/h4-8,13,16H,9-12,22H2,1-3H3. The molecule has 0 amide bonds. The van der Waals surface area contributed by atoms with Crippen LogP contribution in [0.2, 0.25) is 0 Å². The summed E-state index contributed by atoms with van der Waals surface area (Å²) in [6.45, 7) is 4.03. The van der Waals surface area contributed by atoms with Crippen LogP contribution in [0.5, 0.6) is 5.75 Å². The van der Waals surface area contributed by atoms with E-state index in [1.807, 2.05) is 35.8 Å². The van der Waals surface area contributed by atoms with Gasteiger partial charge in [0.05, 0.1) is 12.8 Å². The van der Waals surface area contributed by atoms with Gasteiger partial charge >= 0.3 is 0 Å². The molecular weight excluding hydrogens is 400 g/mol. The molecule has 1 aliphatic heterocycles. The number of rotatable bonds is 5. The van der Waals surface area contributed by atoms with Gasteiger partial charge in [-0.2, -0.15) is 5.10 Å². The van der Waals surface area contributed by atoms with Crippen molar-refractivity contribution in [3.8, 4) is 17.0 Å². The summed E-state index contributed by atoms with van der Waals surface area (Å²) in [5, 5.41) is 10.1. The normalized spacial score (nSPS) is 19.2. The van der Waals surface area contributed by atoms with Gasteiger partial charge in [-0.1, -0.05) is 0 Å². The first-order valence-corrected chi connectivity index (χ1v) is 11.2. The van der Waals surface area contributed by atoms with E-state index in [0.29, 0.717) is 11.5 Å². The summed E-state index contributed by atoms with van der Waals surface area (Å²) >= 11 is -1.40. The summed E-state index contributed by atoms with van der Waals surface area (Å²) in [5.74, 6) is 1.81. The minimum absolute atomic E-state index is 0.291. The van der Waals surface area contributed by atoms with Gasteiger partial charge in [0.15, 0.2) is 17.0 Å². The second-order valence-electron chi connectivity index (χ2n) is 8.53. The lowest BCUT2D eigenvalue weighted by atomic mass is 9.60. The van der Waals surface area contributed by atoms with Gasteiger partial charge in [-0.05, 0) is 55.7 Å². The van der Waals surface area contributed by atoms with Crippen LogP contribution in [0.3, 0.4) is 0 Å². The number of nitrogens with two attached hydrogens (primary N) is 1. The summed E-state index contributed by atoms with van der Waals surface area (Å²) in [7, 11) is 3.51. The van der Waals surface area contributed by atoms with Gasteiger partial charge in [-0.25, -0.2) is 23.2 Å². The number of aromatic nitrogens is 3. The highest BCUT2D eigenvalue weighted by molar-refractivity contribution is 7.80. The predicted molar refractivity (Wildman–Crippen MR) is 117 cm³/mol. The lowest BCUT2D eigenvalue weighted by Crippen LogP contribution is -2.66. The third-order valence-corrected chi connectivity index (χ3v) is 7.46. The molecule has 2 fully saturated rings. The summed E-state index contributed by atoms with van der Waals surface area (Å²) in [4.78, 5) is 6.96. The Morgan fingerprint density at radius 1 is 1.27 bits per heavy atom. The zero-order valence-electron chi connectivity index (χ0n) is 17.4. The highest BCUT2D eigenvalue weighted by Gasteiger charge is 2.54. The molecule has 8 nitrogen and oxygen atoms in total. The topological polar surface area (TPSA) is 89.0 Å². The van der Waals surface area contributed by atoms with E-state index in [1.54, 1.807) is 17.7 Å². The zero-order valence-corrected chi connectivity index (χ0v) is 18.2. The molecule has 9 heteroatoms. The molecule has 1 unspecified atom stereocenters. The molecule has 1 spiro atoms. The van der Waals surface area contributed by atoms with E-state index >= 15 is 0 Å². The number of ether oxygens (including phenoxy) is 1. The number of anilines is 1. The maximum atomic E-state index is 11.5. The monoisotopic (exact) mass is 426 g/mol. The molecule has 1 aliphatic carbocycles. The number of fused-ring (bicyclic) bond motifs is 1. The molecule has 3 aromatic rings. The van der Waals surface area contributed by atoms with Crippen molar-refractivity contribution in [1.82, 2.24) is 18.9 Å². The largest absolute Gasteiger partial charge is 0.497 e. The molecule has 2 N–H and O–H groups in total. The van der Waals surface area contributed by atoms with Crippen LogP contribution in [0.1, 0.15) is 18.4 Å². The highest BCUT2D eigenvalue weighted by Crippen LogP contribution is 2.51. The first-order chi connectivity index (χ1) is 14.4. The molecule has 1 atom stereocenters. The number of aryl methyl sites for hydroxylation is 1. The van der Waals surface area contributed by atoms with Crippen LogP contribution in [0.25, 0.3) is 16.8 Å². The predicted octanol–water partition coefficient (Wildman–Crippen LogP) is 2.15. The Morgan fingerprint density at radius 3 is 2.60 bits per heavy atom. The Morgan fingerprint density at radius 2 is 1.97 bits per heavy atom. The first-order valence-electron chi connectivity index (χ1n) is 10.0. The van der Waals surface area contributed by atoms with Crippen molar-refractivity contribution in [1.29, 1.82) is 0 Å². The van der Waals surface area contributed by atoms with Crippen LogP contribution in [0.15, 0.2) is 36.7 Å². The molecule has 158 valence electrons. The van der Waals surface area contributed by atoms with Crippen LogP contribution >= 0.6 is 0 Å². The number of methoxy groups -OCH3 is 1. The van der Waals surface area contributed by atoms with E-state index < -0.39 is 11.2 Å². The average molecular weight is 427 g/mol. The number of benzene rings is 1. The zero-order chi connectivity index (χ0) is 21.0. The van der Waals surface area contributed by atoms with Crippen molar-refractivity contribution < 1.29 is 8.95 Å². The summed E-state index contributed by atoms with van der Waals surface area (Å²) in [5.41, 5.74) is 4.62. The SMILES string of the molecule is COc1ccc(-c2cc(C)c3c(N4CC5(CC(N(C)S(N)=O)C5)C4)ncnn23)cc1. The molecule has 1 saturated carbocycles. The van der Waals surface area contributed by atoms with E-state index in [1.165, 1.54) is 0 Å². The van der Waals surface area contributed by atoms with Gasteiger partial charge < -0.3 is 9.64 Å². The van der Waals surface area contributed by atoms with Gasteiger partial charge in [0, 0.05) is 37.2 Å². The second-order valence-corrected chi connectivity index (χ2v) is 9.65. The van der Waals surface area contributed by atoms with Crippen molar-refractivity contribution in [2.75, 3.05) is 32.1 Å². The summed E-state index contributed by atoms with van der Waals surface area (Å²) in [6, 6.07) is 10.5. The Kier molecular flexibility index (Phi) is 4.57. The number of hydrogen-bond donors (Lipinski definition) is 1. The molecule has 3 heterocycles. The Labute approximate surface area is 178 Å². The van der Waals surface area contributed by atoms with Crippen LogP contribution < -0.4 is 14.8 Å². The minimum atomic E-state index is -1.40. The van der Waals surface area contributed by atoms with E-state index in [2.05, 4.69) is 28.0 Å². The third-order valence-electron chi connectivity index (χ3n) is 6.60. The molecule has 1 saturated heterocycles. The fourth-order valence-corrected chi connectivity index (χ4v) is 5.36. The van der Waals surface area contributed by atoms with E-state index in [9.17, 15) is 4.21 Å². The number of hydrogen-bond acceptors (Lipinski definition) is 5. The van der Waals surface area contributed by atoms with Crippen molar-refractivity contribution >= 4 is 22.5 Å². The Balaban J connectivity index is 1.39. The molecule has 30 heavy (non-hydrogen) atoms. The fourth-order valence-electron chi connectivity index (χ4n) is 4.92. The minimum Gasteiger partial charge on any atom is -0.497 e. The quantitative estimate of drug-likeness (QED) is 0.675. The highest BCUT2D eigenvalue weighted by atomic mass is 32.2. The fraction of sp³-hybridized carbons (Fsp3) is 0.429. The van der Waals surface area contributed by atoms with Gasteiger partial charge in [0.25, 0.3) is 0 Å². The summed E-state index contributed by atoms with van der Waals surface area (Å²) < 4.78 is 20.5. The van der Waals surface area contributed by atoms with Crippen molar-refractivity contribution in [3.05, 3.63) is 42.2 Å². The molecule has 0 bridgehead atoms. The lowest BCUT2D eigenvalue weighted by molar-refractivity contribution is 0.0223. The van der Waals surface area contributed by atoms with Crippen LogP contribution in [0, 0.1) is 12.3 Å². The maximum Gasteiger partial charge on any atom is 0.167 e. The first kappa shape index (κ1) is 19.5. The Bertz CT molecular complexity index is 1110. The molecule has 1 aromatic carbocycles. The van der Waals surface area contributed by atoms with E-state index in [0.717, 1.165) is 59.8 Å². The Hall–Kier alpha value is -2.49. The third kappa shape index (κ3) is 3.00. The van der Waals surface area contributed by atoms with Gasteiger partial charge in [-0.15, -0.1) is 0 Å². The molecule has 2 aliphatic rings. The smallest absolute Gasteiger partial charge is 0.167 e. The second kappa shape index (κ2) is 7.04. The van der Waals surface area contributed by atoms with E-state index in [4.69, 9.17) is 9.88 Å². The molecular formula is C21H26N6O2S. The van der Waals surface area contributed by atoms with Crippen LogP contribution in [-0.2, 0) is 11.2 Å². The molecule has 2 aromatic heterocycles. The molecule has 5 rings (SSSR count).